The summed E-state index contributed by atoms with van der Waals surface area (Å²) in [6.45, 7) is 1.64. The van der Waals surface area contributed by atoms with E-state index in [1.165, 1.54) is 0 Å². The van der Waals surface area contributed by atoms with E-state index in [1.807, 2.05) is 6.07 Å². The highest BCUT2D eigenvalue weighted by Gasteiger charge is 2.30. The van der Waals surface area contributed by atoms with E-state index in [2.05, 4.69) is 10.1 Å². The van der Waals surface area contributed by atoms with Crippen molar-refractivity contribution in [3.8, 4) is 11.4 Å². The zero-order valence-corrected chi connectivity index (χ0v) is 13.3. The maximum Gasteiger partial charge on any atom is 0.346 e. The van der Waals surface area contributed by atoms with E-state index < -0.39 is 11.8 Å². The number of nitrogens with zero attached hydrogens (tertiary/aromatic N) is 4. The lowest BCUT2D eigenvalue weighted by Crippen LogP contribution is -2.28. The number of rotatable bonds is 7. The smallest absolute Gasteiger partial charge is 0.346 e. The van der Waals surface area contributed by atoms with Gasteiger partial charge in [-0.15, -0.1) is 5.10 Å². The minimum Gasteiger partial charge on any atom is -0.466 e. The first-order valence-electron chi connectivity index (χ1n) is 7.87. The third-order valence-corrected chi connectivity index (χ3v) is 3.68. The lowest BCUT2D eigenvalue weighted by Gasteiger charge is -2.02. The summed E-state index contributed by atoms with van der Waals surface area (Å²) in [5.41, 5.74) is 0.381. The maximum absolute atomic E-state index is 12.6. The molecule has 0 amide bonds. The molecule has 0 unspecified atom stereocenters. The Morgan fingerprint density at radius 1 is 1.38 bits per heavy atom. The molecule has 2 heterocycles. The van der Waals surface area contributed by atoms with Crippen molar-refractivity contribution in [1.82, 2.24) is 19.3 Å². The first-order valence-corrected chi connectivity index (χ1v) is 7.87. The van der Waals surface area contributed by atoms with Crippen LogP contribution in [0.1, 0.15) is 32.2 Å². The van der Waals surface area contributed by atoms with E-state index in [0.29, 0.717) is 5.82 Å². The number of hydrogen-bond acceptors (Lipinski definition) is 6. The standard InChI is InChI=1S/C16H18N4O4/c1-2-24-14(22)8-13(21)10-19-16(23)20(12-5-6-12)15(18-19)11-4-3-7-17-9-11/h3-4,7,9,12H,2,5-6,8,10H2,1H3. The van der Waals surface area contributed by atoms with Crippen LogP contribution < -0.4 is 5.69 Å². The van der Waals surface area contributed by atoms with Crippen LogP contribution in [0.4, 0.5) is 0 Å². The number of carbonyl (C=O) groups is 2. The van der Waals surface area contributed by atoms with Crippen LogP contribution in [0.15, 0.2) is 29.3 Å². The zero-order valence-electron chi connectivity index (χ0n) is 13.3. The van der Waals surface area contributed by atoms with E-state index in [-0.39, 0.29) is 31.3 Å². The molecule has 0 bridgehead atoms. The Hall–Kier alpha value is -2.77. The highest BCUT2D eigenvalue weighted by molar-refractivity contribution is 5.95. The molecule has 0 radical (unpaired) electrons. The second kappa shape index (κ2) is 6.77. The van der Waals surface area contributed by atoms with Crippen LogP contribution in [0.5, 0.6) is 0 Å². The molecule has 126 valence electrons. The van der Waals surface area contributed by atoms with E-state index in [9.17, 15) is 14.4 Å². The summed E-state index contributed by atoms with van der Waals surface area (Å²) >= 11 is 0. The van der Waals surface area contributed by atoms with Gasteiger partial charge in [-0.05, 0) is 31.9 Å². The minimum absolute atomic E-state index is 0.113. The van der Waals surface area contributed by atoms with Gasteiger partial charge in [0.1, 0.15) is 13.0 Å². The van der Waals surface area contributed by atoms with E-state index in [0.717, 1.165) is 23.1 Å². The summed E-state index contributed by atoms with van der Waals surface area (Å²) in [7, 11) is 0. The molecule has 0 saturated heterocycles. The maximum atomic E-state index is 12.6. The first kappa shape index (κ1) is 16.1. The number of ketones is 1. The molecule has 3 rings (SSSR count). The van der Waals surface area contributed by atoms with Crippen LogP contribution in [0.2, 0.25) is 0 Å². The second-order valence-corrected chi connectivity index (χ2v) is 5.63. The predicted octanol–water partition coefficient (Wildman–Crippen LogP) is 0.964. The van der Waals surface area contributed by atoms with Gasteiger partial charge in [0, 0.05) is 24.0 Å². The molecule has 0 aliphatic heterocycles. The molecular weight excluding hydrogens is 312 g/mol. The van der Waals surface area contributed by atoms with Gasteiger partial charge in [-0.1, -0.05) is 0 Å². The largest absolute Gasteiger partial charge is 0.466 e. The van der Waals surface area contributed by atoms with Gasteiger partial charge < -0.3 is 4.74 Å². The molecule has 1 aliphatic rings. The van der Waals surface area contributed by atoms with Crippen molar-refractivity contribution in [2.24, 2.45) is 0 Å². The Labute approximate surface area is 138 Å². The normalized spacial score (nSPS) is 13.7. The summed E-state index contributed by atoms with van der Waals surface area (Å²) in [6, 6.07) is 3.70. The molecule has 2 aromatic rings. The van der Waals surface area contributed by atoms with Crippen LogP contribution >= 0.6 is 0 Å². The van der Waals surface area contributed by atoms with Crippen molar-refractivity contribution < 1.29 is 14.3 Å². The number of carbonyl (C=O) groups excluding carboxylic acids is 2. The Balaban J connectivity index is 1.86. The minimum atomic E-state index is -0.593. The summed E-state index contributed by atoms with van der Waals surface area (Å²) in [6.07, 6.45) is 4.73. The molecule has 1 fully saturated rings. The molecule has 0 atom stereocenters. The van der Waals surface area contributed by atoms with E-state index >= 15 is 0 Å². The van der Waals surface area contributed by atoms with Gasteiger partial charge in [-0.25, -0.2) is 9.48 Å². The molecule has 2 aromatic heterocycles. The van der Waals surface area contributed by atoms with Crippen LogP contribution in [-0.4, -0.2) is 37.7 Å². The molecule has 0 spiro atoms. The lowest BCUT2D eigenvalue weighted by atomic mass is 10.3. The number of hydrogen-bond donors (Lipinski definition) is 0. The molecule has 1 aliphatic carbocycles. The molecule has 1 saturated carbocycles. The number of ether oxygens (including phenoxy) is 1. The van der Waals surface area contributed by atoms with Gasteiger partial charge >= 0.3 is 11.7 Å². The molecule has 8 nitrogen and oxygen atoms in total. The van der Waals surface area contributed by atoms with Crippen LogP contribution in [0, 0.1) is 0 Å². The summed E-state index contributed by atoms with van der Waals surface area (Å²) in [5.74, 6) is -0.502. The van der Waals surface area contributed by atoms with Gasteiger partial charge in [0.15, 0.2) is 11.6 Å². The number of aromatic nitrogens is 4. The molecule has 0 N–H and O–H groups in total. The van der Waals surface area contributed by atoms with Crippen LogP contribution in [-0.2, 0) is 20.9 Å². The predicted molar refractivity (Wildman–Crippen MR) is 84.2 cm³/mol. The van der Waals surface area contributed by atoms with Gasteiger partial charge in [-0.3, -0.25) is 19.1 Å². The Morgan fingerprint density at radius 3 is 2.79 bits per heavy atom. The fourth-order valence-corrected chi connectivity index (χ4v) is 2.47. The Bertz CT molecular complexity index is 805. The monoisotopic (exact) mass is 330 g/mol. The molecular formula is C16H18N4O4. The summed E-state index contributed by atoms with van der Waals surface area (Å²) < 4.78 is 7.47. The highest BCUT2D eigenvalue weighted by atomic mass is 16.5. The number of esters is 1. The van der Waals surface area contributed by atoms with Crippen molar-refractivity contribution in [2.45, 2.75) is 38.8 Å². The van der Waals surface area contributed by atoms with Crippen molar-refractivity contribution in [3.63, 3.8) is 0 Å². The second-order valence-electron chi connectivity index (χ2n) is 5.63. The fourth-order valence-electron chi connectivity index (χ4n) is 2.47. The van der Waals surface area contributed by atoms with Crippen LogP contribution in [0.3, 0.4) is 0 Å². The zero-order chi connectivity index (χ0) is 17.1. The third-order valence-electron chi connectivity index (χ3n) is 3.68. The quantitative estimate of drug-likeness (QED) is 0.554. The number of Topliss-reactive ketones (excluding diaryl/α,β-unsaturated/α-hetero) is 1. The first-order chi connectivity index (χ1) is 11.6. The lowest BCUT2D eigenvalue weighted by molar-refractivity contribution is -0.145. The van der Waals surface area contributed by atoms with Gasteiger partial charge in [0.25, 0.3) is 0 Å². The van der Waals surface area contributed by atoms with Crippen molar-refractivity contribution in [3.05, 3.63) is 35.0 Å². The third kappa shape index (κ3) is 3.42. The Morgan fingerprint density at radius 2 is 2.17 bits per heavy atom. The van der Waals surface area contributed by atoms with Crippen molar-refractivity contribution in [1.29, 1.82) is 0 Å². The fraction of sp³-hybridized carbons (Fsp3) is 0.438. The molecule has 8 heteroatoms. The topological polar surface area (TPSA) is 96.1 Å². The average Bonchev–Trinajstić information content (AvgIpc) is 3.34. The van der Waals surface area contributed by atoms with Crippen molar-refractivity contribution in [2.75, 3.05) is 6.61 Å². The van der Waals surface area contributed by atoms with Crippen LogP contribution in [0.25, 0.3) is 11.4 Å². The molecule has 0 aromatic carbocycles. The Kier molecular flexibility index (Phi) is 4.54. The summed E-state index contributed by atoms with van der Waals surface area (Å²) in [5, 5.41) is 4.29. The van der Waals surface area contributed by atoms with E-state index in [1.54, 1.807) is 30.0 Å². The van der Waals surface area contributed by atoms with Gasteiger partial charge in [0.2, 0.25) is 0 Å². The molecule has 24 heavy (non-hydrogen) atoms. The average molecular weight is 330 g/mol. The number of pyridine rings is 1. The SMILES string of the molecule is CCOC(=O)CC(=O)Cn1nc(-c2cccnc2)n(C2CC2)c1=O. The van der Waals surface area contributed by atoms with Gasteiger partial charge in [0.05, 0.1) is 6.61 Å². The summed E-state index contributed by atoms with van der Waals surface area (Å²) in [4.78, 5) is 40.0. The van der Waals surface area contributed by atoms with E-state index in [4.69, 9.17) is 4.74 Å². The van der Waals surface area contributed by atoms with Gasteiger partial charge in [-0.2, -0.15) is 0 Å². The van der Waals surface area contributed by atoms with Crippen molar-refractivity contribution >= 4 is 11.8 Å². The highest BCUT2D eigenvalue weighted by Crippen LogP contribution is 2.36.